The molecular formula is C16H24N2O. The molecule has 3 nitrogen and oxygen atoms in total. The van der Waals surface area contributed by atoms with Crippen LogP contribution in [0, 0.1) is 0 Å². The van der Waals surface area contributed by atoms with Gasteiger partial charge in [0.1, 0.15) is 0 Å². The first kappa shape index (κ1) is 12.9. The molecule has 104 valence electrons. The van der Waals surface area contributed by atoms with Gasteiger partial charge in [-0.25, -0.2) is 0 Å². The quantitative estimate of drug-likeness (QED) is 0.878. The van der Waals surface area contributed by atoms with Crippen molar-refractivity contribution >= 4 is 5.69 Å². The van der Waals surface area contributed by atoms with Crippen LogP contribution >= 0.6 is 0 Å². The molecule has 2 aliphatic rings. The second-order valence-corrected chi connectivity index (χ2v) is 6.02. The lowest BCUT2D eigenvalue weighted by molar-refractivity contribution is 0.126. The number of aliphatic hydroxyl groups is 1. The Morgan fingerprint density at radius 1 is 1.21 bits per heavy atom. The molecule has 3 rings (SSSR count). The van der Waals surface area contributed by atoms with E-state index >= 15 is 0 Å². The Balaban J connectivity index is 1.80. The van der Waals surface area contributed by atoms with E-state index in [1.807, 2.05) is 0 Å². The Hall–Kier alpha value is -1.06. The fourth-order valence-corrected chi connectivity index (χ4v) is 3.70. The highest BCUT2D eigenvalue weighted by molar-refractivity contribution is 5.51. The van der Waals surface area contributed by atoms with Gasteiger partial charge in [0, 0.05) is 23.8 Å². The highest BCUT2D eigenvalue weighted by atomic mass is 16.3. The van der Waals surface area contributed by atoms with Crippen LogP contribution in [0.25, 0.3) is 0 Å². The number of nitrogens with two attached hydrogens (primary N) is 1. The number of anilines is 1. The fraction of sp³-hybridized carbons (Fsp3) is 0.625. The Morgan fingerprint density at radius 2 is 1.79 bits per heavy atom. The first-order valence-corrected chi connectivity index (χ1v) is 7.51. The highest BCUT2D eigenvalue weighted by Gasteiger charge is 2.40. The molecule has 2 unspecified atom stereocenters. The van der Waals surface area contributed by atoms with Crippen molar-refractivity contribution in [2.45, 2.75) is 63.3 Å². The fourth-order valence-electron chi connectivity index (χ4n) is 3.70. The summed E-state index contributed by atoms with van der Waals surface area (Å²) in [6.07, 6.45) is 5.16. The summed E-state index contributed by atoms with van der Waals surface area (Å²) in [5.41, 5.74) is 8.58. The van der Waals surface area contributed by atoms with Gasteiger partial charge < -0.3 is 15.7 Å². The predicted octanol–water partition coefficient (Wildman–Crippen LogP) is 2.59. The molecule has 0 aromatic heterocycles. The molecule has 0 aliphatic carbocycles. The lowest BCUT2D eigenvalue weighted by Gasteiger charge is -2.39. The van der Waals surface area contributed by atoms with Gasteiger partial charge in [0.05, 0.1) is 6.10 Å². The molecule has 3 atom stereocenters. The van der Waals surface area contributed by atoms with E-state index in [2.05, 4.69) is 36.1 Å². The van der Waals surface area contributed by atoms with E-state index in [0.717, 1.165) is 19.3 Å². The average molecular weight is 260 g/mol. The van der Waals surface area contributed by atoms with Crippen molar-refractivity contribution in [3.63, 3.8) is 0 Å². The lowest BCUT2D eigenvalue weighted by Crippen LogP contribution is -2.44. The van der Waals surface area contributed by atoms with E-state index in [1.165, 1.54) is 24.1 Å². The van der Waals surface area contributed by atoms with Crippen molar-refractivity contribution in [2.24, 2.45) is 5.73 Å². The lowest BCUT2D eigenvalue weighted by atomic mass is 9.98. The summed E-state index contributed by atoms with van der Waals surface area (Å²) in [6, 6.07) is 9.93. The van der Waals surface area contributed by atoms with E-state index < -0.39 is 0 Å². The van der Waals surface area contributed by atoms with Crippen molar-refractivity contribution in [3.05, 3.63) is 29.8 Å². The van der Waals surface area contributed by atoms with Gasteiger partial charge in [0.15, 0.2) is 0 Å². The summed E-state index contributed by atoms with van der Waals surface area (Å²) in [5.74, 6) is 0. The number of benzene rings is 1. The standard InChI is InChI=1S/C16H24N2O/c1-2-16(17)11-3-5-12(6-4-11)18-13-7-8-14(18)10-15(19)9-13/h3-6,13-16,19H,2,7-10,17H2,1H3/t13?,14?,15?,16-/m1/s1. The Bertz CT molecular complexity index is 417. The third kappa shape index (κ3) is 2.37. The molecule has 0 radical (unpaired) electrons. The van der Waals surface area contributed by atoms with E-state index in [0.29, 0.717) is 12.1 Å². The molecule has 0 saturated carbocycles. The first-order chi connectivity index (χ1) is 9.19. The molecule has 1 aromatic rings. The average Bonchev–Trinajstić information content (AvgIpc) is 2.70. The number of rotatable bonds is 3. The van der Waals surface area contributed by atoms with Crippen molar-refractivity contribution in [3.8, 4) is 0 Å². The third-order valence-electron chi connectivity index (χ3n) is 4.77. The molecular weight excluding hydrogens is 236 g/mol. The number of aliphatic hydroxyl groups excluding tert-OH is 1. The Labute approximate surface area is 115 Å². The second kappa shape index (κ2) is 5.14. The number of fused-ring (bicyclic) bond motifs is 2. The van der Waals surface area contributed by atoms with Gasteiger partial charge in [-0.05, 0) is 49.8 Å². The topological polar surface area (TPSA) is 49.5 Å². The number of nitrogens with zero attached hydrogens (tertiary/aromatic N) is 1. The molecule has 3 heteroatoms. The van der Waals surface area contributed by atoms with Crippen LogP contribution in [0.5, 0.6) is 0 Å². The molecule has 2 fully saturated rings. The zero-order valence-electron chi connectivity index (χ0n) is 11.6. The van der Waals surface area contributed by atoms with Crippen LogP contribution in [0.4, 0.5) is 5.69 Å². The summed E-state index contributed by atoms with van der Waals surface area (Å²) in [6.45, 7) is 2.12. The second-order valence-electron chi connectivity index (χ2n) is 6.02. The van der Waals surface area contributed by atoms with Gasteiger partial charge >= 0.3 is 0 Å². The normalized spacial score (nSPS) is 31.5. The van der Waals surface area contributed by atoms with Crippen molar-refractivity contribution in [1.82, 2.24) is 0 Å². The molecule has 2 saturated heterocycles. The number of hydrogen-bond donors (Lipinski definition) is 2. The van der Waals surface area contributed by atoms with Crippen molar-refractivity contribution in [1.29, 1.82) is 0 Å². The van der Waals surface area contributed by atoms with Crippen LogP contribution in [0.3, 0.4) is 0 Å². The number of hydrogen-bond acceptors (Lipinski definition) is 3. The molecule has 1 aromatic carbocycles. The minimum Gasteiger partial charge on any atom is -0.393 e. The smallest absolute Gasteiger partial charge is 0.0579 e. The summed E-state index contributed by atoms with van der Waals surface area (Å²) < 4.78 is 0. The van der Waals surface area contributed by atoms with Gasteiger partial charge in [0.2, 0.25) is 0 Å². The SMILES string of the molecule is CC[C@@H](N)c1ccc(N2C3CCC2CC(O)C3)cc1. The van der Waals surface area contributed by atoms with Crippen LogP contribution in [0.15, 0.2) is 24.3 Å². The summed E-state index contributed by atoms with van der Waals surface area (Å²) >= 11 is 0. The highest BCUT2D eigenvalue weighted by Crippen LogP contribution is 2.39. The summed E-state index contributed by atoms with van der Waals surface area (Å²) in [5, 5.41) is 9.86. The first-order valence-electron chi connectivity index (χ1n) is 7.51. The van der Waals surface area contributed by atoms with Crippen LogP contribution in [-0.2, 0) is 0 Å². The molecule has 2 bridgehead atoms. The zero-order chi connectivity index (χ0) is 13.4. The summed E-state index contributed by atoms with van der Waals surface area (Å²) in [7, 11) is 0. The van der Waals surface area contributed by atoms with E-state index in [4.69, 9.17) is 5.73 Å². The molecule has 3 N–H and O–H groups in total. The van der Waals surface area contributed by atoms with Gasteiger partial charge in [-0.1, -0.05) is 19.1 Å². The molecule has 2 aliphatic heterocycles. The maximum absolute atomic E-state index is 9.86. The molecule has 2 heterocycles. The molecule has 0 amide bonds. The van der Waals surface area contributed by atoms with Crippen LogP contribution in [-0.4, -0.2) is 23.3 Å². The predicted molar refractivity (Wildman–Crippen MR) is 78.2 cm³/mol. The van der Waals surface area contributed by atoms with Crippen LogP contribution in [0.1, 0.15) is 50.6 Å². The Kier molecular flexibility index (Phi) is 3.50. The van der Waals surface area contributed by atoms with Gasteiger partial charge in [-0.2, -0.15) is 0 Å². The van der Waals surface area contributed by atoms with Crippen LogP contribution < -0.4 is 10.6 Å². The van der Waals surface area contributed by atoms with Gasteiger partial charge in [-0.3, -0.25) is 0 Å². The third-order valence-corrected chi connectivity index (χ3v) is 4.77. The monoisotopic (exact) mass is 260 g/mol. The Morgan fingerprint density at radius 3 is 2.32 bits per heavy atom. The molecule has 0 spiro atoms. The minimum atomic E-state index is -0.0958. The van der Waals surface area contributed by atoms with Gasteiger partial charge in [0.25, 0.3) is 0 Å². The van der Waals surface area contributed by atoms with Crippen LogP contribution in [0.2, 0.25) is 0 Å². The van der Waals surface area contributed by atoms with E-state index in [9.17, 15) is 5.11 Å². The minimum absolute atomic E-state index is 0.0958. The maximum Gasteiger partial charge on any atom is 0.0579 e. The number of piperidine rings is 1. The maximum atomic E-state index is 9.86. The van der Waals surface area contributed by atoms with E-state index in [1.54, 1.807) is 0 Å². The summed E-state index contributed by atoms with van der Waals surface area (Å²) in [4.78, 5) is 2.52. The van der Waals surface area contributed by atoms with Crippen molar-refractivity contribution < 1.29 is 5.11 Å². The van der Waals surface area contributed by atoms with Crippen molar-refractivity contribution in [2.75, 3.05) is 4.90 Å². The molecule has 19 heavy (non-hydrogen) atoms. The zero-order valence-corrected chi connectivity index (χ0v) is 11.6. The van der Waals surface area contributed by atoms with E-state index in [-0.39, 0.29) is 12.1 Å². The van der Waals surface area contributed by atoms with Gasteiger partial charge in [-0.15, -0.1) is 0 Å². The largest absolute Gasteiger partial charge is 0.393 e.